The normalized spacial score (nSPS) is 19.3. The Balaban J connectivity index is 1.87. The van der Waals surface area contributed by atoms with Gasteiger partial charge in [0.05, 0.1) is 0 Å². The number of benzene rings is 1. The summed E-state index contributed by atoms with van der Waals surface area (Å²) in [7, 11) is 0. The fourth-order valence-electron chi connectivity index (χ4n) is 3.62. The zero-order valence-electron chi connectivity index (χ0n) is 14.2. The predicted octanol–water partition coefficient (Wildman–Crippen LogP) is 4.17. The van der Waals surface area contributed by atoms with Crippen molar-refractivity contribution in [2.24, 2.45) is 0 Å². The monoisotopic (exact) mass is 426 g/mol. The average Bonchev–Trinajstić information content (AvgIpc) is 3.44. The number of carbonyl (C=O) groups excluding carboxylic acids is 2. The van der Waals surface area contributed by atoms with Crippen LogP contribution in [0.2, 0.25) is 0 Å². The lowest BCUT2D eigenvalue weighted by atomic mass is 9.94. The first-order valence-corrected chi connectivity index (χ1v) is 10.4. The maximum absolute atomic E-state index is 13.2. The number of hydrogen-bond acceptors (Lipinski definition) is 2. The summed E-state index contributed by atoms with van der Waals surface area (Å²) in [5.41, 5.74) is 0.827. The molecular formula is C19H24BrClN2O2. The van der Waals surface area contributed by atoms with Crippen LogP contribution >= 0.6 is 27.5 Å². The van der Waals surface area contributed by atoms with Crippen LogP contribution in [-0.4, -0.2) is 34.7 Å². The highest BCUT2D eigenvalue weighted by atomic mass is 79.9. The number of nitrogens with one attached hydrogen (secondary N) is 1. The number of carbonyl (C=O) groups is 2. The van der Waals surface area contributed by atoms with E-state index in [0.29, 0.717) is 0 Å². The molecule has 0 spiro atoms. The molecule has 1 aromatic rings. The van der Waals surface area contributed by atoms with Gasteiger partial charge in [0.15, 0.2) is 0 Å². The average molecular weight is 428 g/mol. The fourth-order valence-corrected chi connectivity index (χ4v) is 4.18. The maximum Gasteiger partial charge on any atom is 0.247 e. The lowest BCUT2D eigenvalue weighted by Gasteiger charge is -2.33. The Morgan fingerprint density at radius 1 is 1.20 bits per heavy atom. The van der Waals surface area contributed by atoms with Crippen LogP contribution in [0.25, 0.3) is 0 Å². The predicted molar refractivity (Wildman–Crippen MR) is 102 cm³/mol. The van der Waals surface area contributed by atoms with Crippen molar-refractivity contribution in [2.45, 2.75) is 63.1 Å². The van der Waals surface area contributed by atoms with Gasteiger partial charge in [-0.3, -0.25) is 9.59 Å². The van der Waals surface area contributed by atoms with Crippen molar-refractivity contribution in [2.75, 3.05) is 5.88 Å². The lowest BCUT2D eigenvalue weighted by Crippen LogP contribution is -2.48. The van der Waals surface area contributed by atoms with Crippen molar-refractivity contribution >= 4 is 39.3 Å². The van der Waals surface area contributed by atoms with E-state index in [0.717, 1.165) is 48.6 Å². The summed E-state index contributed by atoms with van der Waals surface area (Å²) < 4.78 is 0.898. The number of nitrogens with zero attached hydrogens (tertiary/aromatic N) is 1. The van der Waals surface area contributed by atoms with Gasteiger partial charge in [-0.05, 0) is 43.4 Å². The Morgan fingerprint density at radius 3 is 2.52 bits per heavy atom. The van der Waals surface area contributed by atoms with Crippen molar-refractivity contribution in [1.29, 1.82) is 0 Å². The van der Waals surface area contributed by atoms with Gasteiger partial charge in [0.2, 0.25) is 11.8 Å². The van der Waals surface area contributed by atoms with Gasteiger partial charge in [0.1, 0.15) is 11.9 Å². The molecule has 2 amide bonds. The molecule has 0 bridgehead atoms. The molecule has 136 valence electrons. The van der Waals surface area contributed by atoms with E-state index in [4.69, 9.17) is 11.6 Å². The van der Waals surface area contributed by atoms with E-state index in [1.54, 1.807) is 4.90 Å². The highest BCUT2D eigenvalue weighted by molar-refractivity contribution is 9.10. The van der Waals surface area contributed by atoms with Gasteiger partial charge in [0.25, 0.3) is 0 Å². The summed E-state index contributed by atoms with van der Waals surface area (Å²) in [5.74, 6) is -0.360. The second-order valence-electron chi connectivity index (χ2n) is 6.97. The summed E-state index contributed by atoms with van der Waals surface area (Å²) in [5, 5.41) is 3.19. The van der Waals surface area contributed by atoms with E-state index in [2.05, 4.69) is 21.2 Å². The lowest BCUT2D eigenvalue weighted by molar-refractivity contribution is -0.140. The molecule has 2 saturated carbocycles. The largest absolute Gasteiger partial charge is 0.351 e. The molecule has 2 aliphatic rings. The van der Waals surface area contributed by atoms with Crippen molar-refractivity contribution in [3.05, 3.63) is 34.3 Å². The van der Waals surface area contributed by atoms with E-state index in [-0.39, 0.29) is 29.8 Å². The second kappa shape index (κ2) is 8.54. The SMILES string of the molecule is O=C(NC1CCCCC1)C(c1cccc(Br)c1)N(C(=O)CCl)C1CC1. The van der Waals surface area contributed by atoms with Crippen LogP contribution < -0.4 is 5.32 Å². The molecule has 1 N–H and O–H groups in total. The highest BCUT2D eigenvalue weighted by Crippen LogP contribution is 2.36. The molecule has 2 fully saturated rings. The standard InChI is InChI=1S/C19H24BrClN2O2/c20-14-6-4-5-13(11-14)18(23(16-9-10-16)17(24)12-21)19(25)22-15-7-2-1-3-8-15/h4-6,11,15-16,18H,1-3,7-10,12H2,(H,22,25). The molecule has 25 heavy (non-hydrogen) atoms. The van der Waals surface area contributed by atoms with Gasteiger partial charge >= 0.3 is 0 Å². The van der Waals surface area contributed by atoms with Crippen LogP contribution in [0.1, 0.15) is 56.6 Å². The maximum atomic E-state index is 13.2. The highest BCUT2D eigenvalue weighted by Gasteiger charge is 2.41. The van der Waals surface area contributed by atoms with Gasteiger partial charge in [-0.15, -0.1) is 11.6 Å². The molecule has 1 atom stereocenters. The van der Waals surface area contributed by atoms with Crippen LogP contribution in [0.5, 0.6) is 0 Å². The molecule has 2 aliphatic carbocycles. The van der Waals surface area contributed by atoms with Gasteiger partial charge < -0.3 is 10.2 Å². The van der Waals surface area contributed by atoms with Crippen LogP contribution in [0.4, 0.5) is 0 Å². The minimum absolute atomic E-state index is 0.0876. The first kappa shape index (κ1) is 18.7. The molecule has 0 saturated heterocycles. The summed E-state index contributed by atoms with van der Waals surface area (Å²) in [4.78, 5) is 27.3. The van der Waals surface area contributed by atoms with Crippen LogP contribution in [-0.2, 0) is 9.59 Å². The number of hydrogen-bond donors (Lipinski definition) is 1. The molecule has 3 rings (SSSR count). The third kappa shape index (κ3) is 4.76. The molecule has 0 aromatic heterocycles. The number of rotatable bonds is 6. The third-order valence-electron chi connectivity index (χ3n) is 4.99. The molecule has 4 nitrogen and oxygen atoms in total. The van der Waals surface area contributed by atoms with Crippen LogP contribution in [0, 0.1) is 0 Å². The van der Waals surface area contributed by atoms with Gasteiger partial charge in [-0.25, -0.2) is 0 Å². The molecule has 1 aromatic carbocycles. The second-order valence-corrected chi connectivity index (χ2v) is 8.15. The molecule has 0 radical (unpaired) electrons. The first-order valence-electron chi connectivity index (χ1n) is 9.03. The summed E-state index contributed by atoms with van der Waals surface area (Å²) in [6, 6.07) is 7.36. The third-order valence-corrected chi connectivity index (χ3v) is 5.71. The summed E-state index contributed by atoms with van der Waals surface area (Å²) in [6.07, 6.45) is 7.45. The Hall–Kier alpha value is -1.07. The molecule has 1 unspecified atom stereocenters. The topological polar surface area (TPSA) is 49.4 Å². The molecule has 6 heteroatoms. The van der Waals surface area contributed by atoms with Crippen molar-refractivity contribution < 1.29 is 9.59 Å². The van der Waals surface area contributed by atoms with Gasteiger partial charge in [-0.1, -0.05) is 47.3 Å². The Morgan fingerprint density at radius 2 is 1.92 bits per heavy atom. The first-order chi connectivity index (χ1) is 12.1. The summed E-state index contributed by atoms with van der Waals surface area (Å²) in [6.45, 7) is 0. The van der Waals surface area contributed by atoms with E-state index in [1.165, 1.54) is 6.42 Å². The van der Waals surface area contributed by atoms with E-state index >= 15 is 0 Å². The number of alkyl halides is 1. The summed E-state index contributed by atoms with van der Waals surface area (Å²) >= 11 is 9.32. The Kier molecular flexibility index (Phi) is 6.39. The molecule has 0 heterocycles. The number of amides is 2. The smallest absolute Gasteiger partial charge is 0.247 e. The van der Waals surface area contributed by atoms with E-state index in [1.807, 2.05) is 24.3 Å². The van der Waals surface area contributed by atoms with Crippen molar-refractivity contribution in [3.63, 3.8) is 0 Å². The van der Waals surface area contributed by atoms with Crippen molar-refractivity contribution in [1.82, 2.24) is 10.2 Å². The fraction of sp³-hybridized carbons (Fsp3) is 0.579. The zero-order valence-corrected chi connectivity index (χ0v) is 16.6. The van der Waals surface area contributed by atoms with E-state index in [9.17, 15) is 9.59 Å². The zero-order chi connectivity index (χ0) is 17.8. The van der Waals surface area contributed by atoms with Crippen LogP contribution in [0.15, 0.2) is 28.7 Å². The minimum Gasteiger partial charge on any atom is -0.351 e. The van der Waals surface area contributed by atoms with Gasteiger partial charge in [-0.2, -0.15) is 0 Å². The van der Waals surface area contributed by atoms with Gasteiger partial charge in [0, 0.05) is 16.6 Å². The Bertz CT molecular complexity index is 630. The molecule has 0 aliphatic heterocycles. The van der Waals surface area contributed by atoms with E-state index < -0.39 is 6.04 Å². The number of halogens is 2. The quantitative estimate of drug-likeness (QED) is 0.693. The Labute approximate surface area is 162 Å². The van der Waals surface area contributed by atoms with Crippen LogP contribution in [0.3, 0.4) is 0 Å². The minimum atomic E-state index is -0.613. The van der Waals surface area contributed by atoms with Crippen molar-refractivity contribution in [3.8, 4) is 0 Å². The molecular weight excluding hydrogens is 404 g/mol.